The fourth-order valence-corrected chi connectivity index (χ4v) is 7.35. The molecule has 2 N–H and O–H groups in total. The van der Waals surface area contributed by atoms with Gasteiger partial charge in [0.25, 0.3) is 15.9 Å². The van der Waals surface area contributed by atoms with Crippen LogP contribution in [0.2, 0.25) is 0 Å². The van der Waals surface area contributed by atoms with Crippen LogP contribution in [0.1, 0.15) is 82.5 Å². The average Bonchev–Trinajstić information content (AvgIpc) is 3.06. The molecule has 0 bridgehead atoms. The van der Waals surface area contributed by atoms with Crippen LogP contribution in [0.5, 0.6) is 5.75 Å². The van der Waals surface area contributed by atoms with Crippen molar-refractivity contribution in [3.63, 3.8) is 0 Å². The molecule has 46 heavy (non-hydrogen) atoms. The Morgan fingerprint density at radius 2 is 1.74 bits per heavy atom. The van der Waals surface area contributed by atoms with E-state index in [9.17, 15) is 23.1 Å². The van der Waals surface area contributed by atoms with Crippen LogP contribution in [0.4, 0.5) is 5.69 Å². The van der Waals surface area contributed by atoms with E-state index in [4.69, 9.17) is 9.47 Å². The minimum Gasteiger partial charge on any atom is -0.490 e. The van der Waals surface area contributed by atoms with Gasteiger partial charge < -0.3 is 24.4 Å². The Kier molecular flexibility index (Phi) is 12.9. The molecule has 0 radical (unpaired) electrons. The van der Waals surface area contributed by atoms with Crippen LogP contribution in [0.15, 0.2) is 53.4 Å². The van der Waals surface area contributed by atoms with Crippen LogP contribution in [-0.4, -0.2) is 86.7 Å². The number of carbonyl (C=O) groups excluding carboxylic acids is 2. The zero-order valence-corrected chi connectivity index (χ0v) is 28.5. The van der Waals surface area contributed by atoms with Crippen molar-refractivity contribution in [3.05, 3.63) is 54.1 Å². The minimum atomic E-state index is -3.90. The number of anilines is 1. The second kappa shape index (κ2) is 16.6. The molecule has 254 valence electrons. The monoisotopic (exact) mass is 657 g/mol. The average molecular weight is 658 g/mol. The van der Waals surface area contributed by atoms with E-state index in [-0.39, 0.29) is 65.2 Å². The topological polar surface area (TPSA) is 125 Å². The summed E-state index contributed by atoms with van der Waals surface area (Å²) in [5.41, 5.74) is 0.425. The minimum absolute atomic E-state index is 0.0477. The molecule has 2 aliphatic rings. The lowest BCUT2D eigenvalue weighted by Crippen LogP contribution is -2.48. The first-order chi connectivity index (χ1) is 22.0. The summed E-state index contributed by atoms with van der Waals surface area (Å²) in [6.45, 7) is 6.64. The summed E-state index contributed by atoms with van der Waals surface area (Å²) in [4.78, 5) is 31.1. The Balaban J connectivity index is 1.63. The molecule has 11 heteroatoms. The molecule has 1 heterocycles. The van der Waals surface area contributed by atoms with Crippen LogP contribution in [0.3, 0.4) is 0 Å². The first-order valence-electron chi connectivity index (χ1n) is 16.7. The van der Waals surface area contributed by atoms with Crippen LogP contribution in [0.25, 0.3) is 0 Å². The Morgan fingerprint density at radius 1 is 1.04 bits per heavy atom. The summed E-state index contributed by atoms with van der Waals surface area (Å²) in [6.07, 6.45) is 7.05. The van der Waals surface area contributed by atoms with Gasteiger partial charge in [-0.1, -0.05) is 44.4 Å². The summed E-state index contributed by atoms with van der Waals surface area (Å²) < 4.78 is 41.5. The highest BCUT2D eigenvalue weighted by molar-refractivity contribution is 7.92. The van der Waals surface area contributed by atoms with E-state index in [0.717, 1.165) is 44.9 Å². The molecular formula is C35H51N3O7S. The number of fused-ring (bicyclic) bond motifs is 1. The zero-order valence-electron chi connectivity index (χ0n) is 27.7. The molecule has 1 saturated carbocycles. The number of sulfonamides is 1. The number of rotatable bonds is 8. The van der Waals surface area contributed by atoms with Crippen molar-refractivity contribution >= 4 is 27.5 Å². The SMILES string of the molecule is C[C@@H]1CCCCO[C@H](CN(C)C(=O)C2CCCCC2)[C@H](C)CN([C@H](C)CO)C(=O)c2cc(NS(=O)(=O)c3ccccc3)ccc2O1. The van der Waals surface area contributed by atoms with Gasteiger partial charge in [-0.2, -0.15) is 0 Å². The lowest BCUT2D eigenvalue weighted by Gasteiger charge is -2.36. The highest BCUT2D eigenvalue weighted by Gasteiger charge is 2.32. The van der Waals surface area contributed by atoms with Crippen LogP contribution in [0, 0.1) is 11.8 Å². The van der Waals surface area contributed by atoms with E-state index < -0.39 is 16.1 Å². The number of aliphatic hydroxyl groups excluding tert-OH is 1. The van der Waals surface area contributed by atoms with E-state index in [1.807, 2.05) is 20.9 Å². The van der Waals surface area contributed by atoms with E-state index >= 15 is 0 Å². The third-order valence-electron chi connectivity index (χ3n) is 9.14. The van der Waals surface area contributed by atoms with Crippen molar-refractivity contribution in [2.75, 3.05) is 38.1 Å². The zero-order chi connectivity index (χ0) is 33.3. The van der Waals surface area contributed by atoms with E-state index in [1.165, 1.54) is 24.6 Å². The second-order valence-corrected chi connectivity index (χ2v) is 14.7. The smallest absolute Gasteiger partial charge is 0.261 e. The van der Waals surface area contributed by atoms with Gasteiger partial charge >= 0.3 is 0 Å². The molecule has 0 aromatic heterocycles. The Morgan fingerprint density at radius 3 is 2.43 bits per heavy atom. The molecule has 0 unspecified atom stereocenters. The van der Waals surface area contributed by atoms with Gasteiger partial charge in [0.2, 0.25) is 5.91 Å². The summed E-state index contributed by atoms with van der Waals surface area (Å²) in [6, 6.07) is 12.2. The third-order valence-corrected chi connectivity index (χ3v) is 10.5. The third kappa shape index (κ3) is 9.45. The first-order valence-corrected chi connectivity index (χ1v) is 18.2. The van der Waals surface area contributed by atoms with Crippen molar-refractivity contribution in [3.8, 4) is 5.75 Å². The number of carbonyl (C=O) groups is 2. The molecule has 10 nitrogen and oxygen atoms in total. The Hall–Kier alpha value is -3.15. The predicted octanol–water partition coefficient (Wildman–Crippen LogP) is 5.32. The number of nitrogens with zero attached hydrogens (tertiary/aromatic N) is 2. The van der Waals surface area contributed by atoms with Crippen molar-refractivity contribution in [2.24, 2.45) is 11.8 Å². The van der Waals surface area contributed by atoms with Gasteiger partial charge in [-0.3, -0.25) is 14.3 Å². The second-order valence-electron chi connectivity index (χ2n) is 13.0. The Bertz CT molecular complexity index is 1400. The molecule has 0 spiro atoms. The molecule has 1 aliphatic heterocycles. The van der Waals surface area contributed by atoms with Crippen LogP contribution in [-0.2, 0) is 19.6 Å². The standard InChI is InChI=1S/C35H51N3O7S/c1-25-22-38(26(2)24-39)35(41)31-21-29(36-46(42,43)30-16-9-6-10-17-30)18-19-32(31)45-27(3)13-11-12-20-44-33(25)23-37(4)34(40)28-14-7-5-8-15-28/h6,9-10,16-19,21,25-28,33,36,39H,5,7-8,11-15,20,22-24H2,1-4H3/t25-,26-,27-,33-/m1/s1. The maximum Gasteiger partial charge on any atom is 0.261 e. The van der Waals surface area contributed by atoms with E-state index in [1.54, 1.807) is 47.1 Å². The molecule has 2 aromatic rings. The fourth-order valence-electron chi connectivity index (χ4n) is 6.28. The van der Waals surface area contributed by atoms with Crippen LogP contribution < -0.4 is 9.46 Å². The van der Waals surface area contributed by atoms with Crippen molar-refractivity contribution < 1.29 is 32.6 Å². The fraction of sp³-hybridized carbons (Fsp3) is 0.600. The largest absolute Gasteiger partial charge is 0.490 e. The molecule has 1 aliphatic carbocycles. The van der Waals surface area contributed by atoms with Gasteiger partial charge in [-0.05, 0) is 76.3 Å². The molecule has 4 atom stereocenters. The van der Waals surface area contributed by atoms with Gasteiger partial charge in [-0.15, -0.1) is 0 Å². The van der Waals surface area contributed by atoms with Gasteiger partial charge in [0.05, 0.1) is 35.3 Å². The van der Waals surface area contributed by atoms with Crippen LogP contribution >= 0.6 is 0 Å². The maximum absolute atomic E-state index is 14.3. The molecule has 0 saturated heterocycles. The maximum atomic E-state index is 14.3. The number of amides is 2. The molecule has 1 fully saturated rings. The number of hydrogen-bond donors (Lipinski definition) is 2. The van der Waals surface area contributed by atoms with E-state index in [0.29, 0.717) is 18.9 Å². The summed E-state index contributed by atoms with van der Waals surface area (Å²) in [5.74, 6) is -0.0153. The predicted molar refractivity (Wildman–Crippen MR) is 178 cm³/mol. The molecule has 2 aromatic carbocycles. The normalized spacial score (nSPS) is 23.0. The lowest BCUT2D eigenvalue weighted by atomic mass is 9.88. The van der Waals surface area contributed by atoms with Gasteiger partial charge in [0.15, 0.2) is 0 Å². The number of benzene rings is 2. The number of likely N-dealkylation sites (N-methyl/N-ethyl adjacent to an activating group) is 1. The van der Waals surface area contributed by atoms with Crippen molar-refractivity contribution in [1.82, 2.24) is 9.80 Å². The van der Waals surface area contributed by atoms with Crippen molar-refractivity contribution in [1.29, 1.82) is 0 Å². The highest BCUT2D eigenvalue weighted by Crippen LogP contribution is 2.30. The summed E-state index contributed by atoms with van der Waals surface area (Å²) >= 11 is 0. The highest BCUT2D eigenvalue weighted by atomic mass is 32.2. The molecule has 2 amide bonds. The number of ether oxygens (including phenoxy) is 2. The van der Waals surface area contributed by atoms with Gasteiger partial charge in [0, 0.05) is 44.3 Å². The lowest BCUT2D eigenvalue weighted by molar-refractivity contribution is -0.137. The summed E-state index contributed by atoms with van der Waals surface area (Å²) in [7, 11) is -2.06. The van der Waals surface area contributed by atoms with Crippen molar-refractivity contribution in [2.45, 2.75) is 95.3 Å². The molecular weight excluding hydrogens is 606 g/mol. The van der Waals surface area contributed by atoms with Gasteiger partial charge in [-0.25, -0.2) is 8.42 Å². The quantitative estimate of drug-likeness (QED) is 0.394. The summed E-state index contributed by atoms with van der Waals surface area (Å²) in [5, 5.41) is 10.2. The number of hydrogen-bond acceptors (Lipinski definition) is 7. The van der Waals surface area contributed by atoms with E-state index in [2.05, 4.69) is 4.72 Å². The number of aliphatic hydroxyl groups is 1. The molecule has 4 rings (SSSR count). The first kappa shape index (κ1) is 35.7. The van der Waals surface area contributed by atoms with Gasteiger partial charge in [0.1, 0.15) is 5.75 Å². The Labute approximate surface area is 274 Å². The number of nitrogens with one attached hydrogen (secondary N) is 1.